The van der Waals surface area contributed by atoms with Gasteiger partial charge in [0.2, 0.25) is 0 Å². The van der Waals surface area contributed by atoms with Crippen LogP contribution in [0.5, 0.6) is 0 Å². The molecule has 1 atom stereocenters. The van der Waals surface area contributed by atoms with E-state index in [4.69, 9.17) is 10.8 Å². The highest BCUT2D eigenvalue weighted by atomic mass is 19.4. The number of amidine groups is 1. The van der Waals surface area contributed by atoms with E-state index in [2.05, 4.69) is 24.5 Å². The molecule has 3 heterocycles. The fourth-order valence-corrected chi connectivity index (χ4v) is 6.13. The average Bonchev–Trinajstić information content (AvgIpc) is 3.24. The van der Waals surface area contributed by atoms with E-state index in [0.717, 1.165) is 56.4 Å². The number of benzene rings is 1. The van der Waals surface area contributed by atoms with Crippen molar-refractivity contribution in [3.8, 4) is 0 Å². The SMILES string of the molecule is C=C1N2C=C(C(C)N3CCC=C(C)C3)C=C(C(F)(F)F)C2=CN1c1cccc(C2(CC(=N)N(C)C=N)CCC2)c1. The second-order valence-electron chi connectivity index (χ2n) is 11.4. The minimum absolute atomic E-state index is 0.0707. The maximum Gasteiger partial charge on any atom is 0.418 e. The minimum Gasteiger partial charge on any atom is -0.325 e. The number of fused-ring (bicyclic) bond motifs is 1. The average molecular weight is 551 g/mol. The second-order valence-corrected chi connectivity index (χ2v) is 11.4. The van der Waals surface area contributed by atoms with Crippen LogP contribution in [0, 0.1) is 10.8 Å². The molecule has 4 aliphatic rings. The summed E-state index contributed by atoms with van der Waals surface area (Å²) in [6.07, 6.45) is 7.74. The third kappa shape index (κ3) is 5.03. The van der Waals surface area contributed by atoms with E-state index in [1.807, 2.05) is 31.2 Å². The van der Waals surface area contributed by atoms with E-state index in [0.29, 0.717) is 23.7 Å². The number of hydrogen-bond acceptors (Lipinski definition) is 5. The molecule has 0 amide bonds. The van der Waals surface area contributed by atoms with Crippen LogP contribution >= 0.6 is 0 Å². The first kappa shape index (κ1) is 28.0. The van der Waals surface area contributed by atoms with Crippen LogP contribution in [0.25, 0.3) is 0 Å². The first-order chi connectivity index (χ1) is 18.9. The Bertz CT molecular complexity index is 1350. The lowest BCUT2D eigenvalue weighted by Crippen LogP contribution is -2.40. The van der Waals surface area contributed by atoms with Crippen molar-refractivity contribution >= 4 is 17.9 Å². The summed E-state index contributed by atoms with van der Waals surface area (Å²) in [5, 5.41) is 15.9. The number of nitrogens with zero attached hydrogens (tertiary/aromatic N) is 4. The first-order valence-electron chi connectivity index (χ1n) is 13.7. The highest BCUT2D eigenvalue weighted by Gasteiger charge is 2.44. The molecule has 0 radical (unpaired) electrons. The summed E-state index contributed by atoms with van der Waals surface area (Å²) in [6, 6.07) is 7.69. The van der Waals surface area contributed by atoms with E-state index in [9.17, 15) is 13.2 Å². The largest absolute Gasteiger partial charge is 0.418 e. The molecule has 6 nitrogen and oxygen atoms in total. The summed E-state index contributed by atoms with van der Waals surface area (Å²) in [7, 11) is 1.70. The summed E-state index contributed by atoms with van der Waals surface area (Å²) < 4.78 is 43.2. The molecule has 2 N–H and O–H groups in total. The van der Waals surface area contributed by atoms with Gasteiger partial charge in [-0.2, -0.15) is 13.2 Å². The maximum atomic E-state index is 14.4. The zero-order valence-corrected chi connectivity index (χ0v) is 23.4. The van der Waals surface area contributed by atoms with Gasteiger partial charge in [0, 0.05) is 56.1 Å². The minimum atomic E-state index is -4.52. The molecule has 40 heavy (non-hydrogen) atoms. The Morgan fingerprint density at radius 2 is 1.98 bits per heavy atom. The Kier molecular flexibility index (Phi) is 7.29. The lowest BCUT2D eigenvalue weighted by molar-refractivity contribution is -0.0909. The van der Waals surface area contributed by atoms with E-state index in [1.165, 1.54) is 22.7 Å². The molecule has 1 aromatic rings. The van der Waals surface area contributed by atoms with Crippen molar-refractivity contribution in [3.63, 3.8) is 0 Å². The smallest absolute Gasteiger partial charge is 0.325 e. The second kappa shape index (κ2) is 10.4. The number of anilines is 1. The van der Waals surface area contributed by atoms with Crippen LogP contribution in [0.3, 0.4) is 0 Å². The van der Waals surface area contributed by atoms with Gasteiger partial charge in [-0.05, 0) is 62.5 Å². The number of nitrogens with one attached hydrogen (secondary N) is 2. The fraction of sp³-hybridized carbons (Fsp3) is 0.419. The number of alkyl halides is 3. The zero-order chi connectivity index (χ0) is 28.8. The summed E-state index contributed by atoms with van der Waals surface area (Å²) in [4.78, 5) is 7.03. The predicted octanol–water partition coefficient (Wildman–Crippen LogP) is 6.88. The molecule has 212 valence electrons. The maximum absolute atomic E-state index is 14.4. The van der Waals surface area contributed by atoms with Crippen molar-refractivity contribution in [2.45, 2.75) is 63.6 Å². The van der Waals surface area contributed by atoms with E-state index in [1.54, 1.807) is 23.0 Å². The molecule has 0 bridgehead atoms. The van der Waals surface area contributed by atoms with Gasteiger partial charge in [-0.3, -0.25) is 15.7 Å². The standard InChI is InChI=1S/C31H37F3N6/c1-21-8-6-13-38(17-21)22(2)24-14-27(31(32,33)34)28-19-39(23(3)40(28)18-24)26-10-5-9-25(15-26)30(11-7-12-30)16-29(36)37(4)20-35/h5,8-10,14-15,18-20,22,35-36H,3,6-7,11-13,16-17H2,1-2,4H3. The van der Waals surface area contributed by atoms with Gasteiger partial charge in [0.05, 0.1) is 17.6 Å². The highest BCUT2D eigenvalue weighted by molar-refractivity contribution is 5.89. The highest BCUT2D eigenvalue weighted by Crippen LogP contribution is 2.49. The normalized spacial score (nSPS) is 21.5. The van der Waals surface area contributed by atoms with Crippen molar-refractivity contribution in [1.82, 2.24) is 14.7 Å². The van der Waals surface area contributed by atoms with E-state index >= 15 is 0 Å². The molecule has 0 spiro atoms. The molecular weight excluding hydrogens is 513 g/mol. The Balaban J connectivity index is 1.46. The van der Waals surface area contributed by atoms with E-state index in [-0.39, 0.29) is 17.2 Å². The third-order valence-corrected chi connectivity index (χ3v) is 8.80. The molecule has 3 aliphatic heterocycles. The van der Waals surface area contributed by atoms with Gasteiger partial charge in [-0.1, -0.05) is 36.8 Å². The monoisotopic (exact) mass is 550 g/mol. The van der Waals surface area contributed by atoms with Gasteiger partial charge in [0.15, 0.2) is 0 Å². The molecule has 1 fully saturated rings. The molecular formula is C31H37F3N6. The zero-order valence-electron chi connectivity index (χ0n) is 23.4. The molecule has 1 unspecified atom stereocenters. The van der Waals surface area contributed by atoms with Gasteiger partial charge in [0.25, 0.3) is 0 Å². The topological polar surface area (TPSA) is 60.7 Å². The van der Waals surface area contributed by atoms with Crippen LogP contribution in [0.4, 0.5) is 18.9 Å². The van der Waals surface area contributed by atoms with Gasteiger partial charge >= 0.3 is 6.18 Å². The number of hydrogen-bond donors (Lipinski definition) is 2. The quantitative estimate of drug-likeness (QED) is 0.221. The van der Waals surface area contributed by atoms with Gasteiger partial charge in [0.1, 0.15) is 11.7 Å². The van der Waals surface area contributed by atoms with Crippen LogP contribution in [-0.2, 0) is 5.41 Å². The molecule has 1 aliphatic carbocycles. The van der Waals surface area contributed by atoms with Crippen molar-refractivity contribution in [2.24, 2.45) is 0 Å². The van der Waals surface area contributed by atoms with Gasteiger partial charge in [-0.15, -0.1) is 0 Å². The first-order valence-corrected chi connectivity index (χ1v) is 13.7. The lowest BCUT2D eigenvalue weighted by Gasteiger charge is -2.43. The predicted molar refractivity (Wildman–Crippen MR) is 154 cm³/mol. The molecule has 0 aromatic heterocycles. The summed E-state index contributed by atoms with van der Waals surface area (Å²) >= 11 is 0. The molecule has 1 aromatic carbocycles. The number of halogens is 3. The van der Waals surface area contributed by atoms with Gasteiger partial charge < -0.3 is 14.7 Å². The van der Waals surface area contributed by atoms with Crippen LogP contribution in [-0.4, -0.2) is 59.2 Å². The van der Waals surface area contributed by atoms with Gasteiger partial charge in [-0.25, -0.2) is 0 Å². The Morgan fingerprint density at radius 3 is 2.60 bits per heavy atom. The van der Waals surface area contributed by atoms with Crippen LogP contribution in [0.15, 0.2) is 83.6 Å². The van der Waals surface area contributed by atoms with Crippen molar-refractivity contribution in [2.75, 3.05) is 25.0 Å². The lowest BCUT2D eigenvalue weighted by atomic mass is 9.62. The van der Waals surface area contributed by atoms with Crippen molar-refractivity contribution < 1.29 is 13.2 Å². The molecule has 9 heteroatoms. The summed E-state index contributed by atoms with van der Waals surface area (Å²) in [5.74, 6) is 0.816. The van der Waals surface area contributed by atoms with Crippen LogP contribution in [0.2, 0.25) is 0 Å². The molecule has 5 rings (SSSR count). The Morgan fingerprint density at radius 1 is 1.23 bits per heavy atom. The van der Waals surface area contributed by atoms with Crippen molar-refractivity contribution in [1.29, 1.82) is 10.8 Å². The fourth-order valence-electron chi connectivity index (χ4n) is 6.13. The molecule has 1 saturated carbocycles. The van der Waals surface area contributed by atoms with E-state index < -0.39 is 11.7 Å². The Labute approximate surface area is 234 Å². The molecule has 0 saturated heterocycles. The number of rotatable bonds is 7. The summed E-state index contributed by atoms with van der Waals surface area (Å²) in [6.45, 7) is 9.79. The van der Waals surface area contributed by atoms with Crippen LogP contribution < -0.4 is 4.90 Å². The summed E-state index contributed by atoms with van der Waals surface area (Å²) in [5.41, 5.74) is 2.82. The number of allylic oxidation sites excluding steroid dienone is 1. The van der Waals surface area contributed by atoms with Crippen LogP contribution in [0.1, 0.15) is 51.5 Å². The van der Waals surface area contributed by atoms with Crippen molar-refractivity contribution in [3.05, 3.63) is 89.2 Å². The Hall–Kier alpha value is -3.59. The third-order valence-electron chi connectivity index (χ3n) is 8.80.